The van der Waals surface area contributed by atoms with E-state index in [2.05, 4.69) is 28.3 Å². The van der Waals surface area contributed by atoms with Crippen LogP contribution in [0.2, 0.25) is 5.02 Å². The Morgan fingerprint density at radius 3 is 2.89 bits per heavy atom. The van der Waals surface area contributed by atoms with Gasteiger partial charge in [0.25, 0.3) is 0 Å². The Kier molecular flexibility index (Phi) is 5.19. The molecule has 0 amide bonds. The van der Waals surface area contributed by atoms with E-state index in [1.54, 1.807) is 18.0 Å². The Morgan fingerprint density at radius 1 is 1.32 bits per heavy atom. The van der Waals surface area contributed by atoms with Crippen molar-refractivity contribution in [2.24, 2.45) is 0 Å². The predicted octanol–water partition coefficient (Wildman–Crippen LogP) is 3.70. The van der Waals surface area contributed by atoms with Gasteiger partial charge in [0.2, 0.25) is 0 Å². The van der Waals surface area contributed by atoms with E-state index in [1.807, 2.05) is 25.1 Å². The topological polar surface area (TPSA) is 37.8 Å². The standard InChI is InChI=1S/C14H16ClN3S/c1-3-16-9-11-12(15)5-4-6-13(11)19-14-17-8-7-10(2)18-14/h4-8,16H,3,9H2,1-2H3. The third-order valence-electron chi connectivity index (χ3n) is 2.60. The first kappa shape index (κ1) is 14.3. The van der Waals surface area contributed by atoms with Gasteiger partial charge in [-0.3, -0.25) is 0 Å². The molecule has 0 aliphatic heterocycles. The van der Waals surface area contributed by atoms with Gasteiger partial charge in [0.15, 0.2) is 5.16 Å². The van der Waals surface area contributed by atoms with E-state index in [9.17, 15) is 0 Å². The Labute approximate surface area is 122 Å². The molecule has 0 aliphatic rings. The summed E-state index contributed by atoms with van der Waals surface area (Å²) in [6.07, 6.45) is 1.78. The molecule has 1 aromatic carbocycles. The average Bonchev–Trinajstić information content (AvgIpc) is 2.38. The summed E-state index contributed by atoms with van der Waals surface area (Å²) in [5.41, 5.74) is 2.06. The van der Waals surface area contributed by atoms with Crippen molar-refractivity contribution in [3.05, 3.63) is 46.7 Å². The van der Waals surface area contributed by atoms with Gasteiger partial charge in [-0.15, -0.1) is 0 Å². The Hall–Kier alpha value is -1.10. The third kappa shape index (κ3) is 3.93. The van der Waals surface area contributed by atoms with Crippen LogP contribution in [-0.4, -0.2) is 16.5 Å². The highest BCUT2D eigenvalue weighted by Gasteiger charge is 2.09. The predicted molar refractivity (Wildman–Crippen MR) is 79.7 cm³/mol. The lowest BCUT2D eigenvalue weighted by molar-refractivity contribution is 0.718. The van der Waals surface area contributed by atoms with E-state index >= 15 is 0 Å². The Morgan fingerprint density at radius 2 is 2.16 bits per heavy atom. The van der Waals surface area contributed by atoms with Gasteiger partial charge < -0.3 is 5.32 Å². The normalized spacial score (nSPS) is 10.7. The second-order valence-electron chi connectivity index (χ2n) is 4.08. The molecule has 5 heteroatoms. The van der Waals surface area contributed by atoms with E-state index in [4.69, 9.17) is 11.6 Å². The lowest BCUT2D eigenvalue weighted by Crippen LogP contribution is -2.12. The summed E-state index contributed by atoms with van der Waals surface area (Å²) >= 11 is 7.81. The average molecular weight is 294 g/mol. The zero-order valence-corrected chi connectivity index (χ0v) is 12.6. The van der Waals surface area contributed by atoms with Crippen LogP contribution >= 0.6 is 23.4 Å². The van der Waals surface area contributed by atoms with Crippen LogP contribution in [0.3, 0.4) is 0 Å². The fourth-order valence-corrected chi connectivity index (χ4v) is 2.88. The van der Waals surface area contributed by atoms with Crippen molar-refractivity contribution in [2.75, 3.05) is 6.54 Å². The van der Waals surface area contributed by atoms with Crippen molar-refractivity contribution in [3.8, 4) is 0 Å². The highest BCUT2D eigenvalue weighted by Crippen LogP contribution is 2.31. The van der Waals surface area contributed by atoms with Crippen molar-refractivity contribution >= 4 is 23.4 Å². The van der Waals surface area contributed by atoms with Gasteiger partial charge in [0, 0.05) is 28.4 Å². The van der Waals surface area contributed by atoms with Crippen LogP contribution in [0.15, 0.2) is 40.5 Å². The summed E-state index contributed by atoms with van der Waals surface area (Å²) in [7, 11) is 0. The fourth-order valence-electron chi connectivity index (χ4n) is 1.63. The highest BCUT2D eigenvalue weighted by molar-refractivity contribution is 7.99. The van der Waals surface area contributed by atoms with Crippen LogP contribution < -0.4 is 5.32 Å². The van der Waals surface area contributed by atoms with E-state index in [0.717, 1.165) is 39.4 Å². The van der Waals surface area contributed by atoms with Crippen LogP contribution in [0, 0.1) is 6.92 Å². The van der Waals surface area contributed by atoms with Gasteiger partial charge in [-0.1, -0.05) is 24.6 Å². The van der Waals surface area contributed by atoms with Gasteiger partial charge >= 0.3 is 0 Å². The molecule has 0 fully saturated rings. The summed E-state index contributed by atoms with van der Waals surface area (Å²) in [6, 6.07) is 7.81. The minimum atomic E-state index is 0.750. The maximum absolute atomic E-state index is 6.27. The lowest BCUT2D eigenvalue weighted by atomic mass is 10.2. The summed E-state index contributed by atoms with van der Waals surface area (Å²) in [5, 5.41) is 4.83. The Balaban J connectivity index is 2.26. The second kappa shape index (κ2) is 6.89. The zero-order chi connectivity index (χ0) is 13.7. The van der Waals surface area contributed by atoms with Gasteiger partial charge in [-0.05, 0) is 49.0 Å². The summed E-state index contributed by atoms with van der Waals surface area (Å²) in [6.45, 7) is 5.71. The second-order valence-corrected chi connectivity index (χ2v) is 5.50. The van der Waals surface area contributed by atoms with E-state index in [-0.39, 0.29) is 0 Å². The maximum Gasteiger partial charge on any atom is 0.192 e. The summed E-state index contributed by atoms with van der Waals surface area (Å²) in [4.78, 5) is 9.78. The SMILES string of the molecule is CCNCc1c(Cl)cccc1Sc1nccc(C)n1. The molecule has 0 unspecified atom stereocenters. The molecule has 0 saturated heterocycles. The van der Waals surface area contributed by atoms with Crippen molar-refractivity contribution in [3.63, 3.8) is 0 Å². The van der Waals surface area contributed by atoms with E-state index in [0.29, 0.717) is 0 Å². The van der Waals surface area contributed by atoms with Crippen molar-refractivity contribution < 1.29 is 0 Å². The van der Waals surface area contributed by atoms with Crippen molar-refractivity contribution in [1.82, 2.24) is 15.3 Å². The van der Waals surface area contributed by atoms with E-state index < -0.39 is 0 Å². The number of benzene rings is 1. The first-order valence-electron chi connectivity index (χ1n) is 6.16. The molecule has 1 aromatic heterocycles. The summed E-state index contributed by atoms with van der Waals surface area (Å²) < 4.78 is 0. The number of nitrogens with zero attached hydrogens (tertiary/aromatic N) is 2. The van der Waals surface area contributed by atoms with Crippen LogP contribution in [0.5, 0.6) is 0 Å². The van der Waals surface area contributed by atoms with Crippen LogP contribution in [0.25, 0.3) is 0 Å². The molecule has 1 heterocycles. The molecule has 0 spiro atoms. The van der Waals surface area contributed by atoms with Gasteiger partial charge in [0.1, 0.15) is 0 Å². The molecule has 19 heavy (non-hydrogen) atoms. The smallest absolute Gasteiger partial charge is 0.192 e. The van der Waals surface area contributed by atoms with Gasteiger partial charge in [-0.25, -0.2) is 9.97 Å². The van der Waals surface area contributed by atoms with Gasteiger partial charge in [-0.2, -0.15) is 0 Å². The molecule has 1 N–H and O–H groups in total. The molecule has 0 atom stereocenters. The van der Waals surface area contributed by atoms with Crippen molar-refractivity contribution in [2.45, 2.75) is 30.4 Å². The molecule has 2 aromatic rings. The molecule has 2 rings (SSSR count). The quantitative estimate of drug-likeness (QED) is 0.853. The summed E-state index contributed by atoms with van der Waals surface area (Å²) in [5.74, 6) is 0. The zero-order valence-electron chi connectivity index (χ0n) is 11.0. The monoisotopic (exact) mass is 293 g/mol. The molecular weight excluding hydrogens is 278 g/mol. The van der Waals surface area contributed by atoms with Crippen LogP contribution in [0.4, 0.5) is 0 Å². The minimum absolute atomic E-state index is 0.750. The fraction of sp³-hybridized carbons (Fsp3) is 0.286. The number of aromatic nitrogens is 2. The maximum atomic E-state index is 6.27. The number of hydrogen-bond donors (Lipinski definition) is 1. The van der Waals surface area contributed by atoms with Crippen LogP contribution in [0.1, 0.15) is 18.2 Å². The first-order valence-corrected chi connectivity index (χ1v) is 7.35. The number of nitrogens with one attached hydrogen (secondary N) is 1. The van der Waals surface area contributed by atoms with Crippen molar-refractivity contribution in [1.29, 1.82) is 0 Å². The highest BCUT2D eigenvalue weighted by atomic mass is 35.5. The van der Waals surface area contributed by atoms with Gasteiger partial charge in [0.05, 0.1) is 0 Å². The molecular formula is C14H16ClN3S. The van der Waals surface area contributed by atoms with Crippen LogP contribution in [-0.2, 0) is 6.54 Å². The molecule has 0 bridgehead atoms. The molecule has 100 valence electrons. The number of aryl methyl sites for hydroxylation is 1. The lowest BCUT2D eigenvalue weighted by Gasteiger charge is -2.10. The first-order chi connectivity index (χ1) is 9.20. The molecule has 3 nitrogen and oxygen atoms in total. The third-order valence-corrected chi connectivity index (χ3v) is 3.94. The Bertz CT molecular complexity index is 560. The number of halogens is 1. The van der Waals surface area contributed by atoms with E-state index in [1.165, 1.54) is 0 Å². The molecule has 0 saturated carbocycles. The molecule has 0 aliphatic carbocycles. The number of rotatable bonds is 5. The minimum Gasteiger partial charge on any atom is -0.313 e. The molecule has 0 radical (unpaired) electrons. The number of hydrogen-bond acceptors (Lipinski definition) is 4. The largest absolute Gasteiger partial charge is 0.313 e.